The van der Waals surface area contributed by atoms with Crippen molar-refractivity contribution in [1.82, 2.24) is 9.77 Å². The van der Waals surface area contributed by atoms with Crippen LogP contribution in [0.1, 0.15) is 44.6 Å². The minimum atomic E-state index is -0.377. The summed E-state index contributed by atoms with van der Waals surface area (Å²) in [6, 6.07) is 7.05. The van der Waals surface area contributed by atoms with Crippen molar-refractivity contribution in [2.75, 3.05) is 7.11 Å². The number of fused-ring (bicyclic) bond motifs is 1. The zero-order valence-corrected chi connectivity index (χ0v) is 14.7. The van der Waals surface area contributed by atoms with E-state index in [4.69, 9.17) is 4.74 Å². The van der Waals surface area contributed by atoms with Gasteiger partial charge in [-0.1, -0.05) is 36.9 Å². The van der Waals surface area contributed by atoms with Crippen LogP contribution in [0.4, 0.5) is 8.87 Å². The van der Waals surface area contributed by atoms with E-state index in [1.54, 1.807) is 18.2 Å². The normalized spacial score (nSPS) is 14.0. The van der Waals surface area contributed by atoms with Gasteiger partial charge in [0.05, 0.1) is 7.11 Å². The number of benzene rings is 1. The summed E-state index contributed by atoms with van der Waals surface area (Å²) >= 11 is 0. The molecule has 25 heavy (non-hydrogen) atoms. The highest BCUT2D eigenvalue weighted by atomic mass is 19.2. The highest BCUT2D eigenvalue weighted by molar-refractivity contribution is 5.82. The minimum Gasteiger partial charge on any atom is -0.493 e. The van der Waals surface area contributed by atoms with Gasteiger partial charge in [0.15, 0.2) is 17.2 Å². The predicted molar refractivity (Wildman–Crippen MR) is 96.1 cm³/mol. The van der Waals surface area contributed by atoms with Crippen molar-refractivity contribution in [3.05, 3.63) is 48.0 Å². The van der Waals surface area contributed by atoms with Gasteiger partial charge in [0, 0.05) is 34.5 Å². The molecule has 0 unspecified atom stereocenters. The van der Waals surface area contributed by atoms with E-state index in [0.29, 0.717) is 33.0 Å². The molecule has 2 aromatic heterocycles. The first-order valence-corrected chi connectivity index (χ1v) is 8.69. The van der Waals surface area contributed by atoms with Gasteiger partial charge in [-0.15, -0.1) is 0 Å². The van der Waals surface area contributed by atoms with E-state index in [0.717, 1.165) is 18.4 Å². The Kier molecular flexibility index (Phi) is 5.02. The summed E-state index contributed by atoms with van der Waals surface area (Å²) in [6.45, 7) is 4.00. The molecule has 1 fully saturated rings. The van der Waals surface area contributed by atoms with Gasteiger partial charge in [0.2, 0.25) is 0 Å². The summed E-state index contributed by atoms with van der Waals surface area (Å²) < 4.78 is 33.7. The Morgan fingerprint density at radius 2 is 1.96 bits per heavy atom. The van der Waals surface area contributed by atoms with Crippen molar-refractivity contribution in [3.63, 3.8) is 0 Å². The number of methoxy groups -OCH3 is 1. The molecule has 1 aliphatic carbocycles. The molecule has 4 rings (SSSR count). The number of rotatable bonds is 3. The Hall–Kier alpha value is -2.43. The molecule has 0 bridgehead atoms. The van der Waals surface area contributed by atoms with Gasteiger partial charge in [0.1, 0.15) is 0 Å². The number of ether oxygens (including phenoxy) is 1. The number of nitrogens with zero attached hydrogens (tertiary/aromatic N) is 2. The molecular weight excluding hydrogens is 322 g/mol. The third-order valence-electron chi connectivity index (χ3n) is 4.67. The lowest BCUT2D eigenvalue weighted by Gasteiger charge is -2.27. The van der Waals surface area contributed by atoms with Gasteiger partial charge in [-0.25, -0.2) is 9.37 Å². The summed E-state index contributed by atoms with van der Waals surface area (Å²) in [4.78, 5) is 4.53. The molecule has 132 valence electrons. The molecule has 3 aromatic rings. The zero-order chi connectivity index (χ0) is 18.0. The average molecular weight is 344 g/mol. The maximum absolute atomic E-state index is 14.9. The molecule has 0 radical (unpaired) electrons. The van der Waals surface area contributed by atoms with Crippen LogP contribution < -0.4 is 4.74 Å². The third kappa shape index (κ3) is 2.99. The molecule has 1 aromatic carbocycles. The van der Waals surface area contributed by atoms with Crippen LogP contribution in [-0.4, -0.2) is 16.9 Å². The largest absolute Gasteiger partial charge is 0.493 e. The van der Waals surface area contributed by atoms with E-state index in [1.807, 2.05) is 19.9 Å². The maximum atomic E-state index is 14.9. The molecule has 0 saturated heterocycles. The van der Waals surface area contributed by atoms with Crippen LogP contribution in [0.5, 0.6) is 5.75 Å². The first-order valence-electron chi connectivity index (χ1n) is 8.69. The molecule has 3 nitrogen and oxygen atoms in total. The first-order chi connectivity index (χ1) is 12.2. The van der Waals surface area contributed by atoms with Gasteiger partial charge in [-0.2, -0.15) is 4.79 Å². The van der Waals surface area contributed by atoms with Crippen molar-refractivity contribution in [1.29, 1.82) is 0 Å². The standard InChI is InChI=1S/C18H16F2N2O.C2H6/c1-23-17-15(11-3-2-4-11)6-5-14(16(17)19)13-9-12-7-8-22(20)18(12)21-10-13;1-2/h5-11H,2-4H2,1H3;1-2H3. The van der Waals surface area contributed by atoms with Gasteiger partial charge in [-0.3, -0.25) is 0 Å². The summed E-state index contributed by atoms with van der Waals surface area (Å²) in [6.07, 6.45) is 6.11. The lowest BCUT2D eigenvalue weighted by Crippen LogP contribution is -2.11. The fourth-order valence-corrected chi connectivity index (χ4v) is 3.18. The molecule has 0 amide bonds. The summed E-state index contributed by atoms with van der Waals surface area (Å²) in [5.41, 5.74) is 2.20. The topological polar surface area (TPSA) is 27.1 Å². The number of aromatic nitrogens is 2. The van der Waals surface area contributed by atoms with Gasteiger partial charge < -0.3 is 4.74 Å². The molecule has 5 heteroatoms. The monoisotopic (exact) mass is 344 g/mol. The Morgan fingerprint density at radius 1 is 1.20 bits per heavy atom. The quantitative estimate of drug-likeness (QED) is 0.593. The zero-order valence-electron chi connectivity index (χ0n) is 14.7. The lowest BCUT2D eigenvalue weighted by atomic mass is 9.79. The van der Waals surface area contributed by atoms with Gasteiger partial charge >= 0.3 is 0 Å². The van der Waals surface area contributed by atoms with Crippen LogP contribution >= 0.6 is 0 Å². The highest BCUT2D eigenvalue weighted by Gasteiger charge is 2.26. The predicted octanol–water partition coefficient (Wildman–Crippen LogP) is 5.88. The van der Waals surface area contributed by atoms with E-state index < -0.39 is 0 Å². The highest BCUT2D eigenvalue weighted by Crippen LogP contribution is 2.43. The number of pyridine rings is 1. The molecular formula is C20H22F2N2O. The van der Waals surface area contributed by atoms with Crippen LogP contribution in [-0.2, 0) is 0 Å². The Bertz CT molecular complexity index is 885. The van der Waals surface area contributed by atoms with Crippen LogP contribution in [0.3, 0.4) is 0 Å². The van der Waals surface area contributed by atoms with Crippen LogP contribution in [0.15, 0.2) is 36.7 Å². The van der Waals surface area contributed by atoms with Crippen molar-refractivity contribution in [3.8, 4) is 16.9 Å². The minimum absolute atomic E-state index is 0.229. The van der Waals surface area contributed by atoms with E-state index in [1.165, 1.54) is 25.9 Å². The molecule has 0 atom stereocenters. The number of hydrogen-bond donors (Lipinski definition) is 0. The van der Waals surface area contributed by atoms with Crippen molar-refractivity contribution >= 4 is 11.0 Å². The van der Waals surface area contributed by atoms with Gasteiger partial charge in [-0.05, 0) is 30.9 Å². The first kappa shape index (κ1) is 17.4. The van der Waals surface area contributed by atoms with Crippen LogP contribution in [0.2, 0.25) is 0 Å². The number of halogens is 2. The van der Waals surface area contributed by atoms with E-state index in [9.17, 15) is 8.87 Å². The molecule has 0 spiro atoms. The Balaban J connectivity index is 0.000000880. The second-order valence-corrected chi connectivity index (χ2v) is 5.94. The summed E-state index contributed by atoms with van der Waals surface area (Å²) in [5, 5.41) is 0.631. The second kappa shape index (κ2) is 7.21. The van der Waals surface area contributed by atoms with Crippen molar-refractivity contribution < 1.29 is 13.6 Å². The third-order valence-corrected chi connectivity index (χ3v) is 4.67. The smallest absolute Gasteiger partial charge is 0.173 e. The SMILES string of the molecule is CC.COc1c(C2CCC2)ccc(-c2cnc3c(ccn3F)c2)c1F. The Morgan fingerprint density at radius 3 is 2.60 bits per heavy atom. The van der Waals surface area contributed by atoms with E-state index >= 15 is 0 Å². The molecule has 0 N–H and O–H groups in total. The van der Waals surface area contributed by atoms with Gasteiger partial charge in [0.25, 0.3) is 0 Å². The molecule has 1 aliphatic rings. The molecule has 2 heterocycles. The van der Waals surface area contributed by atoms with E-state index in [-0.39, 0.29) is 11.5 Å². The summed E-state index contributed by atoms with van der Waals surface area (Å²) in [7, 11) is 1.50. The Labute approximate surface area is 146 Å². The molecule has 0 aliphatic heterocycles. The summed E-state index contributed by atoms with van der Waals surface area (Å²) in [5.74, 6) is 0.322. The van der Waals surface area contributed by atoms with Crippen molar-refractivity contribution in [2.45, 2.75) is 39.0 Å². The fraction of sp³-hybridized carbons (Fsp3) is 0.350. The second-order valence-electron chi connectivity index (χ2n) is 5.94. The maximum Gasteiger partial charge on any atom is 0.173 e. The van der Waals surface area contributed by atoms with Crippen LogP contribution in [0, 0.1) is 5.82 Å². The van der Waals surface area contributed by atoms with Crippen LogP contribution in [0.25, 0.3) is 22.2 Å². The average Bonchev–Trinajstić information content (AvgIpc) is 2.96. The number of hydrogen-bond acceptors (Lipinski definition) is 2. The van der Waals surface area contributed by atoms with Crippen molar-refractivity contribution in [2.24, 2.45) is 0 Å². The van der Waals surface area contributed by atoms with E-state index in [2.05, 4.69) is 4.98 Å². The molecule has 1 saturated carbocycles. The fourth-order valence-electron chi connectivity index (χ4n) is 3.18. The lowest BCUT2D eigenvalue weighted by molar-refractivity contribution is 0.355.